The third-order valence-electron chi connectivity index (χ3n) is 2.42. The lowest BCUT2D eigenvalue weighted by Crippen LogP contribution is -2.08. The highest BCUT2D eigenvalue weighted by Crippen LogP contribution is 2.26. The maximum Gasteiger partial charge on any atom is 0.198 e. The molecule has 0 saturated carbocycles. The molecule has 0 aromatic heterocycles. The summed E-state index contributed by atoms with van der Waals surface area (Å²) < 4.78 is 40.2. The van der Waals surface area contributed by atoms with Crippen molar-refractivity contribution in [2.24, 2.45) is 0 Å². The van der Waals surface area contributed by atoms with Gasteiger partial charge in [0.05, 0.1) is 10.6 Å². The SMILES string of the molecule is O=C(c1ccc(Cl)c(Br)c1)c1c(F)cc(F)cc1F. The standard InChI is InChI=1S/C13H5BrClF3O/c14-8-3-6(1-2-9(8)15)13(19)12-10(17)4-7(16)5-11(12)18/h1-5H. The van der Waals surface area contributed by atoms with E-state index in [0.29, 0.717) is 21.6 Å². The second kappa shape index (κ2) is 5.35. The van der Waals surface area contributed by atoms with Crippen molar-refractivity contribution in [3.63, 3.8) is 0 Å². The van der Waals surface area contributed by atoms with Crippen molar-refractivity contribution in [1.29, 1.82) is 0 Å². The van der Waals surface area contributed by atoms with Crippen molar-refractivity contribution in [2.45, 2.75) is 0 Å². The van der Waals surface area contributed by atoms with E-state index in [4.69, 9.17) is 11.6 Å². The summed E-state index contributed by atoms with van der Waals surface area (Å²) in [5.74, 6) is -4.45. The zero-order valence-electron chi connectivity index (χ0n) is 9.18. The highest BCUT2D eigenvalue weighted by atomic mass is 79.9. The van der Waals surface area contributed by atoms with E-state index in [2.05, 4.69) is 15.9 Å². The molecule has 0 bridgehead atoms. The largest absolute Gasteiger partial charge is 0.288 e. The number of halogens is 5. The summed E-state index contributed by atoms with van der Waals surface area (Å²) in [6.45, 7) is 0. The van der Waals surface area contributed by atoms with E-state index in [1.165, 1.54) is 18.2 Å². The van der Waals surface area contributed by atoms with Gasteiger partial charge in [-0.2, -0.15) is 0 Å². The van der Waals surface area contributed by atoms with Crippen LogP contribution in [-0.4, -0.2) is 5.78 Å². The van der Waals surface area contributed by atoms with Gasteiger partial charge in [-0.3, -0.25) is 4.79 Å². The van der Waals surface area contributed by atoms with Crippen LogP contribution in [0.5, 0.6) is 0 Å². The Kier molecular flexibility index (Phi) is 3.96. The van der Waals surface area contributed by atoms with Gasteiger partial charge < -0.3 is 0 Å². The summed E-state index contributed by atoms with van der Waals surface area (Å²) in [6, 6.07) is 5.01. The zero-order valence-corrected chi connectivity index (χ0v) is 11.5. The fraction of sp³-hybridized carbons (Fsp3) is 0. The minimum atomic E-state index is -1.24. The molecule has 0 fully saturated rings. The van der Waals surface area contributed by atoms with Gasteiger partial charge in [-0.05, 0) is 34.1 Å². The van der Waals surface area contributed by atoms with Crippen LogP contribution in [0, 0.1) is 17.5 Å². The van der Waals surface area contributed by atoms with Crippen molar-refractivity contribution in [3.05, 3.63) is 68.4 Å². The zero-order chi connectivity index (χ0) is 14.2. The van der Waals surface area contributed by atoms with Gasteiger partial charge in [0.25, 0.3) is 0 Å². The Morgan fingerprint density at radius 1 is 1.05 bits per heavy atom. The van der Waals surface area contributed by atoms with Crippen LogP contribution in [0.4, 0.5) is 13.2 Å². The van der Waals surface area contributed by atoms with E-state index in [-0.39, 0.29) is 5.56 Å². The summed E-state index contributed by atoms with van der Waals surface area (Å²) in [4.78, 5) is 12.0. The number of hydrogen-bond acceptors (Lipinski definition) is 1. The van der Waals surface area contributed by atoms with Crippen LogP contribution in [0.1, 0.15) is 15.9 Å². The number of rotatable bonds is 2. The fourth-order valence-electron chi connectivity index (χ4n) is 1.54. The summed E-state index contributed by atoms with van der Waals surface area (Å²) in [6.07, 6.45) is 0. The van der Waals surface area contributed by atoms with E-state index >= 15 is 0 Å². The van der Waals surface area contributed by atoms with Gasteiger partial charge in [-0.25, -0.2) is 13.2 Å². The molecule has 0 saturated heterocycles. The number of carbonyl (C=O) groups excluding carboxylic acids is 1. The molecule has 0 aliphatic rings. The third kappa shape index (κ3) is 2.82. The first-order valence-electron chi connectivity index (χ1n) is 5.04. The van der Waals surface area contributed by atoms with Crippen LogP contribution in [-0.2, 0) is 0 Å². The summed E-state index contributed by atoms with van der Waals surface area (Å²) in [5, 5.41) is 0.358. The molecule has 0 unspecified atom stereocenters. The van der Waals surface area contributed by atoms with Crippen molar-refractivity contribution in [2.75, 3.05) is 0 Å². The number of hydrogen-bond donors (Lipinski definition) is 0. The Bertz CT molecular complexity index is 650. The normalized spacial score (nSPS) is 10.6. The highest BCUT2D eigenvalue weighted by molar-refractivity contribution is 9.10. The van der Waals surface area contributed by atoms with Crippen molar-refractivity contribution in [1.82, 2.24) is 0 Å². The van der Waals surface area contributed by atoms with E-state index in [0.717, 1.165) is 0 Å². The third-order valence-corrected chi connectivity index (χ3v) is 3.63. The predicted molar refractivity (Wildman–Crippen MR) is 68.9 cm³/mol. The van der Waals surface area contributed by atoms with Crippen LogP contribution in [0.25, 0.3) is 0 Å². The topological polar surface area (TPSA) is 17.1 Å². The van der Waals surface area contributed by atoms with Gasteiger partial charge in [0, 0.05) is 22.2 Å². The van der Waals surface area contributed by atoms with Crippen molar-refractivity contribution in [3.8, 4) is 0 Å². The van der Waals surface area contributed by atoms with Crippen LogP contribution in [0.3, 0.4) is 0 Å². The molecule has 0 aliphatic heterocycles. The first-order chi connectivity index (χ1) is 8.90. The number of carbonyl (C=O) groups is 1. The predicted octanol–water partition coefficient (Wildman–Crippen LogP) is 4.75. The van der Waals surface area contributed by atoms with Gasteiger partial charge in [-0.1, -0.05) is 11.6 Å². The lowest BCUT2D eigenvalue weighted by molar-refractivity contribution is 0.103. The molecule has 6 heteroatoms. The Morgan fingerprint density at radius 3 is 2.16 bits per heavy atom. The van der Waals surface area contributed by atoms with E-state index < -0.39 is 28.8 Å². The molecule has 0 amide bonds. The lowest BCUT2D eigenvalue weighted by Gasteiger charge is -2.06. The second-order valence-corrected chi connectivity index (χ2v) is 4.96. The minimum absolute atomic E-state index is 0.0423. The van der Waals surface area contributed by atoms with Gasteiger partial charge in [0.15, 0.2) is 5.78 Å². The molecular weight excluding hydrogens is 344 g/mol. The smallest absolute Gasteiger partial charge is 0.198 e. The van der Waals surface area contributed by atoms with Gasteiger partial charge in [-0.15, -0.1) is 0 Å². The first-order valence-corrected chi connectivity index (χ1v) is 6.21. The Labute approximate surface area is 120 Å². The average molecular weight is 350 g/mol. The molecule has 0 N–H and O–H groups in total. The van der Waals surface area contributed by atoms with Crippen LogP contribution >= 0.6 is 27.5 Å². The Balaban J connectivity index is 2.53. The molecule has 98 valence electrons. The van der Waals surface area contributed by atoms with E-state index in [1.54, 1.807) is 0 Å². The minimum Gasteiger partial charge on any atom is -0.288 e. The van der Waals surface area contributed by atoms with Crippen molar-refractivity contribution >= 4 is 33.3 Å². The molecule has 2 rings (SSSR count). The van der Waals surface area contributed by atoms with Gasteiger partial charge in [0.2, 0.25) is 0 Å². The molecular formula is C13H5BrClF3O. The fourth-order valence-corrected chi connectivity index (χ4v) is 2.04. The monoisotopic (exact) mass is 348 g/mol. The van der Waals surface area contributed by atoms with Gasteiger partial charge >= 0.3 is 0 Å². The molecule has 2 aromatic rings. The van der Waals surface area contributed by atoms with Crippen LogP contribution in [0.2, 0.25) is 5.02 Å². The maximum atomic E-state index is 13.5. The number of benzene rings is 2. The first kappa shape index (κ1) is 14.1. The summed E-state index contributed by atoms with van der Waals surface area (Å²) >= 11 is 8.86. The average Bonchev–Trinajstić information content (AvgIpc) is 2.31. The molecule has 19 heavy (non-hydrogen) atoms. The molecule has 1 nitrogen and oxygen atoms in total. The Hall–Kier alpha value is -1.33. The van der Waals surface area contributed by atoms with E-state index in [9.17, 15) is 18.0 Å². The lowest BCUT2D eigenvalue weighted by atomic mass is 10.0. The molecule has 0 radical (unpaired) electrons. The van der Waals surface area contributed by atoms with Crippen LogP contribution < -0.4 is 0 Å². The molecule has 2 aromatic carbocycles. The van der Waals surface area contributed by atoms with E-state index in [1.807, 2.05) is 0 Å². The summed E-state index contributed by atoms with van der Waals surface area (Å²) in [7, 11) is 0. The van der Waals surface area contributed by atoms with Crippen LogP contribution in [0.15, 0.2) is 34.8 Å². The second-order valence-electron chi connectivity index (χ2n) is 3.70. The maximum absolute atomic E-state index is 13.5. The molecule has 0 heterocycles. The number of ketones is 1. The highest BCUT2D eigenvalue weighted by Gasteiger charge is 2.20. The molecule has 0 aliphatic carbocycles. The molecule has 0 atom stereocenters. The van der Waals surface area contributed by atoms with Gasteiger partial charge in [0.1, 0.15) is 17.5 Å². The quantitative estimate of drug-likeness (QED) is 0.715. The summed E-state index contributed by atoms with van der Waals surface area (Å²) in [5.41, 5.74) is -0.753. The molecule has 0 spiro atoms. The van der Waals surface area contributed by atoms with Crippen molar-refractivity contribution < 1.29 is 18.0 Å². The Morgan fingerprint density at radius 2 is 1.63 bits per heavy atom.